The highest BCUT2D eigenvalue weighted by molar-refractivity contribution is 7.92. The number of aryl methyl sites for hydroxylation is 2. The Balaban J connectivity index is 2.38. The third kappa shape index (κ3) is 3.07. The van der Waals surface area contributed by atoms with Crippen LogP contribution in [-0.2, 0) is 22.7 Å². The lowest BCUT2D eigenvalue weighted by atomic mass is 9.92. The van der Waals surface area contributed by atoms with E-state index in [9.17, 15) is 8.42 Å². The van der Waals surface area contributed by atoms with Crippen LogP contribution < -0.4 is 5.73 Å². The van der Waals surface area contributed by atoms with E-state index >= 15 is 0 Å². The number of benzene rings is 1. The Hall–Kier alpha value is -0.870. The number of hydrogen-bond donors (Lipinski definition) is 1. The van der Waals surface area contributed by atoms with Crippen LogP contribution in [0.15, 0.2) is 18.2 Å². The van der Waals surface area contributed by atoms with Crippen LogP contribution in [0.1, 0.15) is 55.8 Å². The van der Waals surface area contributed by atoms with Crippen molar-refractivity contribution in [2.24, 2.45) is 5.73 Å². The molecule has 0 saturated carbocycles. The molecule has 2 unspecified atom stereocenters. The molecule has 2 N–H and O–H groups in total. The lowest BCUT2D eigenvalue weighted by Gasteiger charge is -2.29. The van der Waals surface area contributed by atoms with E-state index in [1.54, 1.807) is 0 Å². The van der Waals surface area contributed by atoms with Crippen LogP contribution >= 0.6 is 0 Å². The first-order chi connectivity index (χ1) is 9.49. The highest BCUT2D eigenvalue weighted by Crippen LogP contribution is 2.31. The van der Waals surface area contributed by atoms with Crippen molar-refractivity contribution in [3.8, 4) is 0 Å². The molecule has 3 nitrogen and oxygen atoms in total. The first-order valence-corrected chi connectivity index (χ1v) is 9.30. The Labute approximate surface area is 122 Å². The van der Waals surface area contributed by atoms with E-state index in [0.717, 1.165) is 31.2 Å². The summed E-state index contributed by atoms with van der Waals surface area (Å²) in [7, 11) is -3.04. The molecular weight excluding hydrogens is 270 g/mol. The van der Waals surface area contributed by atoms with Gasteiger partial charge in [0.15, 0.2) is 9.84 Å². The Morgan fingerprint density at radius 1 is 1.25 bits per heavy atom. The van der Waals surface area contributed by atoms with Crippen LogP contribution in [0.4, 0.5) is 0 Å². The molecule has 0 radical (unpaired) electrons. The van der Waals surface area contributed by atoms with Gasteiger partial charge in [-0.3, -0.25) is 0 Å². The fourth-order valence-electron chi connectivity index (χ4n) is 3.08. The van der Waals surface area contributed by atoms with Crippen LogP contribution in [0.3, 0.4) is 0 Å². The Kier molecular flexibility index (Phi) is 4.86. The zero-order valence-corrected chi connectivity index (χ0v) is 13.2. The predicted octanol–water partition coefficient (Wildman–Crippen LogP) is 2.78. The predicted molar refractivity (Wildman–Crippen MR) is 83.6 cm³/mol. The molecule has 0 aromatic heterocycles. The second-order valence-corrected chi connectivity index (χ2v) is 8.01. The fourth-order valence-corrected chi connectivity index (χ4v) is 5.11. The minimum absolute atomic E-state index is 0.292. The van der Waals surface area contributed by atoms with Gasteiger partial charge in [-0.25, -0.2) is 8.42 Å². The molecule has 1 aliphatic heterocycles. The van der Waals surface area contributed by atoms with Gasteiger partial charge in [-0.15, -0.1) is 0 Å². The zero-order chi connectivity index (χ0) is 14.8. The third-order valence-electron chi connectivity index (χ3n) is 4.39. The van der Waals surface area contributed by atoms with Crippen LogP contribution in [0.25, 0.3) is 0 Å². The van der Waals surface area contributed by atoms with Crippen molar-refractivity contribution in [1.82, 2.24) is 0 Å². The van der Waals surface area contributed by atoms with E-state index in [4.69, 9.17) is 5.73 Å². The van der Waals surface area contributed by atoms with E-state index in [-0.39, 0.29) is 6.04 Å². The summed E-state index contributed by atoms with van der Waals surface area (Å²) in [5, 5.41) is -0.409. The quantitative estimate of drug-likeness (QED) is 0.929. The summed E-state index contributed by atoms with van der Waals surface area (Å²) >= 11 is 0. The molecule has 0 amide bonds. The van der Waals surface area contributed by atoms with Gasteiger partial charge in [-0.1, -0.05) is 38.5 Å². The van der Waals surface area contributed by atoms with Gasteiger partial charge in [0, 0.05) is 6.04 Å². The third-order valence-corrected chi connectivity index (χ3v) is 6.70. The number of sulfone groups is 1. The summed E-state index contributed by atoms with van der Waals surface area (Å²) in [6, 6.07) is 5.93. The summed E-state index contributed by atoms with van der Waals surface area (Å²) in [4.78, 5) is 0. The van der Waals surface area contributed by atoms with Crippen molar-refractivity contribution in [1.29, 1.82) is 0 Å². The second-order valence-electron chi connectivity index (χ2n) is 5.67. The van der Waals surface area contributed by atoms with Crippen LogP contribution in [0.2, 0.25) is 0 Å². The minimum atomic E-state index is -3.04. The van der Waals surface area contributed by atoms with Gasteiger partial charge in [0.1, 0.15) is 0 Å². The van der Waals surface area contributed by atoms with Crippen LogP contribution in [0, 0.1) is 0 Å². The lowest BCUT2D eigenvalue weighted by molar-refractivity contribution is 0.503. The SMILES string of the molecule is CCc1ccc(CC)c(C(N)C2CCCCS2(=O)=O)c1. The van der Waals surface area contributed by atoms with Gasteiger partial charge in [0.05, 0.1) is 11.0 Å². The summed E-state index contributed by atoms with van der Waals surface area (Å²) in [5.74, 6) is 0.292. The maximum Gasteiger partial charge on any atom is 0.155 e. The second kappa shape index (κ2) is 6.27. The number of hydrogen-bond acceptors (Lipinski definition) is 3. The van der Waals surface area contributed by atoms with Crippen molar-refractivity contribution in [2.45, 2.75) is 57.2 Å². The van der Waals surface area contributed by atoms with Crippen molar-refractivity contribution >= 4 is 9.84 Å². The topological polar surface area (TPSA) is 60.2 Å². The molecule has 1 aromatic rings. The molecule has 2 rings (SSSR count). The monoisotopic (exact) mass is 295 g/mol. The average molecular weight is 295 g/mol. The Morgan fingerprint density at radius 2 is 2.00 bits per heavy atom. The standard InChI is InChI=1S/C16H25NO2S/c1-3-12-8-9-13(4-2)14(11-12)16(17)15-7-5-6-10-20(15,18)19/h8-9,11,15-16H,3-7,10,17H2,1-2H3. The molecule has 0 aliphatic carbocycles. The molecule has 1 aliphatic rings. The van der Waals surface area contributed by atoms with Crippen LogP contribution in [-0.4, -0.2) is 19.4 Å². The molecule has 1 saturated heterocycles. The fraction of sp³-hybridized carbons (Fsp3) is 0.625. The Morgan fingerprint density at radius 3 is 2.60 bits per heavy atom. The summed E-state index contributed by atoms with van der Waals surface area (Å²) < 4.78 is 24.5. The molecule has 112 valence electrons. The molecule has 4 heteroatoms. The van der Waals surface area contributed by atoms with Crippen molar-refractivity contribution in [3.05, 3.63) is 34.9 Å². The molecule has 20 heavy (non-hydrogen) atoms. The smallest absolute Gasteiger partial charge is 0.155 e. The molecule has 0 bridgehead atoms. The maximum atomic E-state index is 12.3. The number of nitrogens with two attached hydrogens (primary N) is 1. The number of rotatable bonds is 4. The molecule has 1 fully saturated rings. The Bertz CT molecular complexity index is 566. The van der Waals surface area contributed by atoms with E-state index in [1.807, 2.05) is 0 Å². The van der Waals surface area contributed by atoms with Crippen molar-refractivity contribution < 1.29 is 8.42 Å². The normalized spacial score (nSPS) is 23.4. The van der Waals surface area contributed by atoms with Crippen molar-refractivity contribution in [3.63, 3.8) is 0 Å². The highest BCUT2D eigenvalue weighted by atomic mass is 32.2. The van der Waals surface area contributed by atoms with Gasteiger partial charge in [0.2, 0.25) is 0 Å². The van der Waals surface area contributed by atoms with Crippen LogP contribution in [0.5, 0.6) is 0 Å². The molecular formula is C16H25NO2S. The molecule has 1 heterocycles. The molecule has 0 spiro atoms. The maximum absolute atomic E-state index is 12.3. The summed E-state index contributed by atoms with van der Waals surface area (Å²) in [5.41, 5.74) is 9.80. The van der Waals surface area contributed by atoms with Crippen molar-refractivity contribution in [2.75, 3.05) is 5.75 Å². The average Bonchev–Trinajstić information content (AvgIpc) is 2.45. The highest BCUT2D eigenvalue weighted by Gasteiger charge is 2.35. The van der Waals surface area contributed by atoms with Gasteiger partial charge in [-0.05, 0) is 42.4 Å². The molecule has 1 aromatic carbocycles. The minimum Gasteiger partial charge on any atom is -0.323 e. The van der Waals surface area contributed by atoms with Gasteiger partial charge in [-0.2, -0.15) is 0 Å². The zero-order valence-electron chi connectivity index (χ0n) is 12.4. The summed E-state index contributed by atoms with van der Waals surface area (Å²) in [6.45, 7) is 4.19. The van der Waals surface area contributed by atoms with E-state index in [0.29, 0.717) is 12.2 Å². The first-order valence-electron chi connectivity index (χ1n) is 7.58. The lowest BCUT2D eigenvalue weighted by Crippen LogP contribution is -2.38. The summed E-state index contributed by atoms with van der Waals surface area (Å²) in [6.07, 6.45) is 4.28. The van der Waals surface area contributed by atoms with E-state index in [2.05, 4.69) is 32.0 Å². The van der Waals surface area contributed by atoms with E-state index < -0.39 is 15.1 Å². The van der Waals surface area contributed by atoms with Gasteiger partial charge < -0.3 is 5.73 Å². The first kappa shape index (κ1) is 15.5. The largest absolute Gasteiger partial charge is 0.323 e. The van der Waals surface area contributed by atoms with Gasteiger partial charge in [0.25, 0.3) is 0 Å². The van der Waals surface area contributed by atoms with E-state index in [1.165, 1.54) is 11.1 Å². The molecule has 2 atom stereocenters. The van der Waals surface area contributed by atoms with Gasteiger partial charge >= 0.3 is 0 Å².